The van der Waals surface area contributed by atoms with Crippen molar-refractivity contribution < 1.29 is 9.53 Å². The molecule has 0 saturated carbocycles. The minimum atomic E-state index is -0.204. The van der Waals surface area contributed by atoms with Gasteiger partial charge in [0.05, 0.1) is 5.92 Å². The monoisotopic (exact) mass is 195 g/mol. The standard InChI is InChI=1S/C11H17NO2/c1-6-7-8(9(13)14-6)11(4,5)12-10(7,2)3/h7-8,12H,1H2,2-5H3. The molecule has 0 radical (unpaired) electrons. The van der Waals surface area contributed by atoms with E-state index in [0.29, 0.717) is 5.76 Å². The molecule has 2 saturated heterocycles. The van der Waals surface area contributed by atoms with Crippen LogP contribution in [-0.4, -0.2) is 17.0 Å². The number of ether oxygens (including phenoxy) is 1. The van der Waals surface area contributed by atoms with Gasteiger partial charge in [-0.3, -0.25) is 4.79 Å². The average Bonchev–Trinajstić information content (AvgIpc) is 2.32. The Labute approximate surface area is 84.5 Å². The fraction of sp³-hybridized carbons (Fsp3) is 0.727. The largest absolute Gasteiger partial charge is 0.431 e. The summed E-state index contributed by atoms with van der Waals surface area (Å²) in [4.78, 5) is 11.6. The van der Waals surface area contributed by atoms with Crippen LogP contribution in [0, 0.1) is 11.8 Å². The number of fused-ring (bicyclic) bond motifs is 1. The fourth-order valence-electron chi connectivity index (χ4n) is 3.09. The zero-order valence-corrected chi connectivity index (χ0v) is 9.18. The minimum Gasteiger partial charge on any atom is -0.431 e. The molecule has 0 aromatic carbocycles. The number of carbonyl (C=O) groups excluding carboxylic acids is 1. The summed E-state index contributed by atoms with van der Waals surface area (Å²) >= 11 is 0. The van der Waals surface area contributed by atoms with Crippen LogP contribution in [0.15, 0.2) is 12.3 Å². The third kappa shape index (κ3) is 1.05. The van der Waals surface area contributed by atoms with Crippen molar-refractivity contribution in [2.24, 2.45) is 11.8 Å². The molecule has 2 aliphatic heterocycles. The van der Waals surface area contributed by atoms with Crippen LogP contribution in [0.25, 0.3) is 0 Å². The van der Waals surface area contributed by atoms with E-state index in [0.717, 1.165) is 0 Å². The Morgan fingerprint density at radius 2 is 1.71 bits per heavy atom. The SMILES string of the molecule is C=C1OC(=O)C2C1C(C)(C)NC2(C)C. The summed E-state index contributed by atoms with van der Waals surface area (Å²) < 4.78 is 5.13. The first-order chi connectivity index (χ1) is 6.26. The van der Waals surface area contributed by atoms with Crippen molar-refractivity contribution in [1.29, 1.82) is 0 Å². The number of rotatable bonds is 0. The first-order valence-corrected chi connectivity index (χ1v) is 4.95. The van der Waals surface area contributed by atoms with Gasteiger partial charge in [0.25, 0.3) is 0 Å². The van der Waals surface area contributed by atoms with Gasteiger partial charge in [0.15, 0.2) is 0 Å². The van der Waals surface area contributed by atoms with Crippen LogP contribution in [0.4, 0.5) is 0 Å². The predicted molar refractivity (Wildman–Crippen MR) is 53.5 cm³/mol. The van der Waals surface area contributed by atoms with Gasteiger partial charge in [0.2, 0.25) is 0 Å². The molecule has 2 fully saturated rings. The highest BCUT2D eigenvalue weighted by atomic mass is 16.5. The molecule has 0 spiro atoms. The third-order valence-electron chi connectivity index (χ3n) is 3.37. The van der Waals surface area contributed by atoms with Gasteiger partial charge >= 0.3 is 5.97 Å². The lowest BCUT2D eigenvalue weighted by Crippen LogP contribution is -2.47. The van der Waals surface area contributed by atoms with E-state index in [4.69, 9.17) is 4.74 Å². The lowest BCUT2D eigenvalue weighted by atomic mass is 9.78. The molecule has 2 heterocycles. The summed E-state index contributed by atoms with van der Waals surface area (Å²) in [6.07, 6.45) is 0. The quantitative estimate of drug-likeness (QED) is 0.594. The minimum absolute atomic E-state index is 0.0926. The first-order valence-electron chi connectivity index (χ1n) is 4.95. The van der Waals surface area contributed by atoms with Gasteiger partial charge in [0, 0.05) is 17.0 Å². The Kier molecular flexibility index (Phi) is 1.66. The van der Waals surface area contributed by atoms with Crippen LogP contribution in [0.2, 0.25) is 0 Å². The Balaban J connectivity index is 2.47. The van der Waals surface area contributed by atoms with Crippen molar-refractivity contribution in [1.82, 2.24) is 5.32 Å². The van der Waals surface area contributed by atoms with Crippen molar-refractivity contribution in [2.45, 2.75) is 38.8 Å². The maximum absolute atomic E-state index is 11.6. The molecule has 2 unspecified atom stereocenters. The molecule has 2 aliphatic rings. The van der Waals surface area contributed by atoms with Crippen molar-refractivity contribution >= 4 is 5.97 Å². The van der Waals surface area contributed by atoms with E-state index in [2.05, 4.69) is 25.7 Å². The van der Waals surface area contributed by atoms with Gasteiger partial charge in [-0.05, 0) is 27.7 Å². The molecule has 1 N–H and O–H groups in total. The van der Waals surface area contributed by atoms with Crippen LogP contribution in [0.1, 0.15) is 27.7 Å². The molecule has 0 aromatic heterocycles. The van der Waals surface area contributed by atoms with E-state index < -0.39 is 0 Å². The number of cyclic esters (lactones) is 1. The molecule has 0 aromatic rings. The van der Waals surface area contributed by atoms with Gasteiger partial charge in [-0.1, -0.05) is 6.58 Å². The Morgan fingerprint density at radius 1 is 1.21 bits per heavy atom. The summed E-state index contributed by atoms with van der Waals surface area (Å²) in [5.41, 5.74) is -0.317. The Bertz CT molecular complexity index is 287. The summed E-state index contributed by atoms with van der Waals surface area (Å²) in [6, 6.07) is 0. The predicted octanol–water partition coefficient (Wildman–Crippen LogP) is 1.45. The number of esters is 1. The van der Waals surface area contributed by atoms with E-state index >= 15 is 0 Å². The smallest absolute Gasteiger partial charge is 0.316 e. The zero-order valence-electron chi connectivity index (χ0n) is 9.18. The van der Waals surface area contributed by atoms with Gasteiger partial charge in [-0.15, -0.1) is 0 Å². The molecule has 3 nitrogen and oxygen atoms in total. The molecule has 0 amide bonds. The van der Waals surface area contributed by atoms with Gasteiger partial charge in [-0.25, -0.2) is 0 Å². The first kappa shape index (κ1) is 9.71. The van der Waals surface area contributed by atoms with Gasteiger partial charge in [-0.2, -0.15) is 0 Å². The van der Waals surface area contributed by atoms with Crippen LogP contribution < -0.4 is 5.32 Å². The maximum Gasteiger partial charge on any atom is 0.316 e. The van der Waals surface area contributed by atoms with E-state index in [-0.39, 0.29) is 28.9 Å². The maximum atomic E-state index is 11.6. The molecular formula is C11H17NO2. The highest BCUT2D eigenvalue weighted by Crippen LogP contribution is 2.49. The van der Waals surface area contributed by atoms with Gasteiger partial charge in [0.1, 0.15) is 5.76 Å². The van der Waals surface area contributed by atoms with E-state index in [1.54, 1.807) is 0 Å². The highest BCUT2D eigenvalue weighted by Gasteiger charge is 2.61. The summed E-state index contributed by atoms with van der Waals surface area (Å²) in [5, 5.41) is 3.47. The Morgan fingerprint density at radius 3 is 2.21 bits per heavy atom. The van der Waals surface area contributed by atoms with Crippen LogP contribution >= 0.6 is 0 Å². The molecule has 78 valence electrons. The van der Waals surface area contributed by atoms with Crippen molar-refractivity contribution in [3.63, 3.8) is 0 Å². The molecule has 14 heavy (non-hydrogen) atoms. The lowest BCUT2D eigenvalue weighted by Gasteiger charge is -2.28. The number of carbonyl (C=O) groups is 1. The second kappa shape index (κ2) is 2.40. The van der Waals surface area contributed by atoms with E-state index in [1.165, 1.54) is 0 Å². The molecule has 3 heteroatoms. The van der Waals surface area contributed by atoms with Crippen molar-refractivity contribution in [2.75, 3.05) is 0 Å². The second-order valence-corrected chi connectivity index (χ2v) is 5.41. The fourth-order valence-corrected chi connectivity index (χ4v) is 3.09. The highest BCUT2D eigenvalue weighted by molar-refractivity contribution is 5.80. The normalized spacial score (nSPS) is 38.3. The second-order valence-electron chi connectivity index (χ2n) is 5.41. The molecular weight excluding hydrogens is 178 g/mol. The summed E-state index contributed by atoms with van der Waals surface area (Å²) in [6.45, 7) is 12.1. The number of nitrogens with one attached hydrogen (secondary N) is 1. The summed E-state index contributed by atoms with van der Waals surface area (Å²) in [7, 11) is 0. The van der Waals surface area contributed by atoms with Crippen molar-refractivity contribution in [3.8, 4) is 0 Å². The van der Waals surface area contributed by atoms with Crippen LogP contribution in [-0.2, 0) is 9.53 Å². The summed E-state index contributed by atoms with van der Waals surface area (Å²) in [5.74, 6) is 0.487. The van der Waals surface area contributed by atoms with E-state index in [1.807, 2.05) is 13.8 Å². The topological polar surface area (TPSA) is 38.3 Å². The van der Waals surface area contributed by atoms with Crippen LogP contribution in [0.3, 0.4) is 0 Å². The zero-order chi connectivity index (χ0) is 10.7. The number of hydrogen-bond acceptors (Lipinski definition) is 3. The van der Waals surface area contributed by atoms with E-state index in [9.17, 15) is 4.79 Å². The average molecular weight is 195 g/mol. The van der Waals surface area contributed by atoms with Gasteiger partial charge < -0.3 is 10.1 Å². The number of hydrogen-bond donors (Lipinski definition) is 1. The lowest BCUT2D eigenvalue weighted by molar-refractivity contribution is -0.140. The molecule has 0 aliphatic carbocycles. The third-order valence-corrected chi connectivity index (χ3v) is 3.37. The molecule has 0 bridgehead atoms. The van der Waals surface area contributed by atoms with Crippen molar-refractivity contribution in [3.05, 3.63) is 12.3 Å². The molecule has 2 atom stereocenters. The van der Waals surface area contributed by atoms with Crippen LogP contribution in [0.5, 0.6) is 0 Å². The molecule has 2 rings (SSSR count). The Hall–Kier alpha value is -0.830.